The number of amides is 1. The minimum Gasteiger partial charge on any atom is -0.495 e. The molecule has 3 rings (SSSR count). The Bertz CT molecular complexity index is 915. The van der Waals surface area contributed by atoms with Crippen molar-refractivity contribution in [3.05, 3.63) is 47.5 Å². The summed E-state index contributed by atoms with van der Waals surface area (Å²) in [4.78, 5) is 13.5. The predicted molar refractivity (Wildman–Crippen MR) is 96.8 cm³/mol. The van der Waals surface area contributed by atoms with Crippen molar-refractivity contribution in [1.29, 1.82) is 0 Å². The van der Waals surface area contributed by atoms with Crippen LogP contribution in [0.1, 0.15) is 12.8 Å². The van der Waals surface area contributed by atoms with E-state index in [9.17, 15) is 13.2 Å². The topological polar surface area (TPSA) is 75.7 Å². The Morgan fingerprint density at radius 1 is 1.20 bits per heavy atom. The highest BCUT2D eigenvalue weighted by molar-refractivity contribution is 7.92. The van der Waals surface area contributed by atoms with Crippen molar-refractivity contribution in [2.24, 2.45) is 0 Å². The summed E-state index contributed by atoms with van der Waals surface area (Å²) in [5, 5.41) is 0.420. The summed E-state index contributed by atoms with van der Waals surface area (Å²) in [6.45, 7) is 0.576. The Morgan fingerprint density at radius 3 is 2.64 bits per heavy atom. The van der Waals surface area contributed by atoms with E-state index >= 15 is 0 Å². The first-order valence-corrected chi connectivity index (χ1v) is 9.53. The third kappa shape index (κ3) is 3.72. The van der Waals surface area contributed by atoms with Gasteiger partial charge in [-0.15, -0.1) is 0 Å². The lowest BCUT2D eigenvalue weighted by atomic mass is 10.3. The molecule has 2 aromatic rings. The number of methoxy groups -OCH3 is 1. The summed E-state index contributed by atoms with van der Waals surface area (Å²) in [6.07, 6.45) is 1.22. The molecule has 0 unspecified atom stereocenters. The molecule has 1 fully saturated rings. The molecule has 1 N–H and O–H groups in total. The van der Waals surface area contributed by atoms with Gasteiger partial charge in [0.15, 0.2) is 0 Å². The van der Waals surface area contributed by atoms with E-state index in [4.69, 9.17) is 16.3 Å². The van der Waals surface area contributed by atoms with E-state index in [1.54, 1.807) is 35.2 Å². The molecule has 0 bridgehead atoms. The normalized spacial score (nSPS) is 14.6. The first-order chi connectivity index (χ1) is 11.9. The monoisotopic (exact) mass is 380 g/mol. The van der Waals surface area contributed by atoms with Crippen molar-refractivity contribution in [2.45, 2.75) is 17.7 Å². The van der Waals surface area contributed by atoms with Crippen molar-refractivity contribution in [3.63, 3.8) is 0 Å². The van der Waals surface area contributed by atoms with E-state index in [0.717, 1.165) is 6.42 Å². The van der Waals surface area contributed by atoms with Gasteiger partial charge in [0.05, 0.1) is 12.8 Å². The van der Waals surface area contributed by atoms with Crippen LogP contribution in [-0.4, -0.2) is 28.0 Å². The number of carbonyl (C=O) groups excluding carboxylic acids is 1. The van der Waals surface area contributed by atoms with Gasteiger partial charge in [-0.1, -0.05) is 17.7 Å². The summed E-state index contributed by atoms with van der Waals surface area (Å²) in [6, 6.07) is 11.1. The third-order valence-electron chi connectivity index (χ3n) is 3.90. The van der Waals surface area contributed by atoms with Crippen LogP contribution >= 0.6 is 11.6 Å². The van der Waals surface area contributed by atoms with Crippen molar-refractivity contribution >= 4 is 38.9 Å². The number of hydrogen-bond donors (Lipinski definition) is 1. The number of rotatable bonds is 5. The van der Waals surface area contributed by atoms with Crippen molar-refractivity contribution < 1.29 is 17.9 Å². The number of anilines is 2. The Hall–Kier alpha value is -2.25. The summed E-state index contributed by atoms with van der Waals surface area (Å²) >= 11 is 5.90. The average molecular weight is 381 g/mol. The molecule has 0 atom stereocenters. The SMILES string of the molecule is COc1ccc(N2CCCC2=O)cc1S(=O)(=O)Nc1cccc(Cl)c1. The first-order valence-electron chi connectivity index (χ1n) is 7.67. The zero-order valence-corrected chi connectivity index (χ0v) is 15.1. The first kappa shape index (κ1) is 17.6. The Labute approximate surface area is 151 Å². The van der Waals surface area contributed by atoms with Gasteiger partial charge in [0.25, 0.3) is 10.0 Å². The van der Waals surface area contributed by atoms with Gasteiger partial charge in [-0.25, -0.2) is 8.42 Å². The maximum atomic E-state index is 12.8. The van der Waals surface area contributed by atoms with E-state index in [0.29, 0.717) is 29.4 Å². The molecule has 0 spiro atoms. The smallest absolute Gasteiger partial charge is 0.265 e. The molecule has 8 heteroatoms. The van der Waals surface area contributed by atoms with Gasteiger partial charge < -0.3 is 9.64 Å². The number of nitrogens with zero attached hydrogens (tertiary/aromatic N) is 1. The van der Waals surface area contributed by atoms with Gasteiger partial charge in [-0.3, -0.25) is 9.52 Å². The van der Waals surface area contributed by atoms with Gasteiger partial charge in [-0.05, 0) is 42.8 Å². The second-order valence-corrected chi connectivity index (χ2v) is 7.69. The van der Waals surface area contributed by atoms with E-state index in [2.05, 4.69) is 4.72 Å². The average Bonchev–Trinajstić information content (AvgIpc) is 3.00. The molecule has 2 aromatic carbocycles. The summed E-state index contributed by atoms with van der Waals surface area (Å²) < 4.78 is 33.3. The fourth-order valence-corrected chi connectivity index (χ4v) is 4.16. The number of ether oxygens (including phenoxy) is 1. The van der Waals surface area contributed by atoms with Crippen LogP contribution in [0.25, 0.3) is 0 Å². The maximum absolute atomic E-state index is 12.8. The number of nitrogens with one attached hydrogen (secondary N) is 1. The molecular weight excluding hydrogens is 364 g/mol. The van der Waals surface area contributed by atoms with Crippen LogP contribution in [0.3, 0.4) is 0 Å². The highest BCUT2D eigenvalue weighted by atomic mass is 35.5. The lowest BCUT2D eigenvalue weighted by Crippen LogP contribution is -2.24. The quantitative estimate of drug-likeness (QED) is 0.863. The predicted octanol–water partition coefficient (Wildman–Crippen LogP) is 3.28. The van der Waals surface area contributed by atoms with Crippen LogP contribution in [0.4, 0.5) is 11.4 Å². The van der Waals surface area contributed by atoms with E-state index < -0.39 is 10.0 Å². The molecule has 132 valence electrons. The minimum absolute atomic E-state index is 0.0173. The van der Waals surface area contributed by atoms with Crippen LogP contribution in [-0.2, 0) is 14.8 Å². The summed E-state index contributed by atoms with van der Waals surface area (Å²) in [7, 11) is -2.52. The zero-order valence-electron chi connectivity index (χ0n) is 13.5. The zero-order chi connectivity index (χ0) is 18.0. The van der Waals surface area contributed by atoms with E-state index in [1.807, 2.05) is 0 Å². The number of halogens is 1. The summed E-state index contributed by atoms with van der Waals surface area (Å²) in [5.41, 5.74) is 0.881. The molecule has 0 aromatic heterocycles. The van der Waals surface area contributed by atoms with Gasteiger partial charge in [-0.2, -0.15) is 0 Å². The lowest BCUT2D eigenvalue weighted by Gasteiger charge is -2.18. The van der Waals surface area contributed by atoms with Crippen LogP contribution in [0.5, 0.6) is 5.75 Å². The number of sulfonamides is 1. The van der Waals surface area contributed by atoms with E-state index in [1.165, 1.54) is 19.2 Å². The van der Waals surface area contributed by atoms with Crippen molar-refractivity contribution in [2.75, 3.05) is 23.3 Å². The van der Waals surface area contributed by atoms with Crippen LogP contribution in [0, 0.1) is 0 Å². The molecule has 6 nitrogen and oxygen atoms in total. The second-order valence-electron chi connectivity index (χ2n) is 5.60. The third-order valence-corrected chi connectivity index (χ3v) is 5.54. The molecule has 1 aliphatic rings. The van der Waals surface area contributed by atoms with Crippen LogP contribution < -0.4 is 14.4 Å². The van der Waals surface area contributed by atoms with Gasteiger partial charge >= 0.3 is 0 Å². The molecule has 1 saturated heterocycles. The molecule has 0 radical (unpaired) electrons. The van der Waals surface area contributed by atoms with Crippen molar-refractivity contribution in [3.8, 4) is 5.75 Å². The molecule has 1 amide bonds. The molecule has 1 aliphatic heterocycles. The number of carbonyl (C=O) groups is 1. The van der Waals surface area contributed by atoms with Crippen LogP contribution in [0.15, 0.2) is 47.4 Å². The van der Waals surface area contributed by atoms with Crippen molar-refractivity contribution in [1.82, 2.24) is 0 Å². The summed E-state index contributed by atoms with van der Waals surface area (Å²) in [5.74, 6) is 0.182. The Morgan fingerprint density at radius 2 is 2.00 bits per heavy atom. The molecule has 0 saturated carbocycles. The molecular formula is C17H17ClN2O4S. The highest BCUT2D eigenvalue weighted by Crippen LogP contribution is 2.32. The highest BCUT2D eigenvalue weighted by Gasteiger charge is 2.26. The molecule has 25 heavy (non-hydrogen) atoms. The fraction of sp³-hybridized carbons (Fsp3) is 0.235. The minimum atomic E-state index is -3.91. The maximum Gasteiger partial charge on any atom is 0.265 e. The molecule has 0 aliphatic carbocycles. The van der Waals surface area contributed by atoms with Gasteiger partial charge in [0.2, 0.25) is 5.91 Å². The largest absolute Gasteiger partial charge is 0.495 e. The standard InChI is InChI=1S/C17H17ClN2O4S/c1-24-15-8-7-14(20-9-3-6-17(20)21)11-16(15)25(22,23)19-13-5-2-4-12(18)10-13/h2,4-5,7-8,10-11,19H,3,6,9H2,1H3. The Balaban J connectivity index is 2.00. The van der Waals surface area contributed by atoms with Gasteiger partial charge in [0, 0.05) is 23.7 Å². The number of benzene rings is 2. The van der Waals surface area contributed by atoms with E-state index in [-0.39, 0.29) is 16.6 Å². The Kier molecular flexibility index (Phi) is 4.87. The fourth-order valence-electron chi connectivity index (χ4n) is 2.73. The second kappa shape index (κ2) is 6.93. The molecule has 1 heterocycles. The van der Waals surface area contributed by atoms with Gasteiger partial charge in [0.1, 0.15) is 10.6 Å². The lowest BCUT2D eigenvalue weighted by molar-refractivity contribution is -0.117. The van der Waals surface area contributed by atoms with Crippen LogP contribution in [0.2, 0.25) is 5.02 Å². The number of hydrogen-bond acceptors (Lipinski definition) is 4.